The van der Waals surface area contributed by atoms with Gasteiger partial charge in [-0.1, -0.05) is 19.7 Å². The lowest BCUT2D eigenvalue weighted by molar-refractivity contribution is -0.910. The quantitative estimate of drug-likeness (QED) is 0.366. The van der Waals surface area contributed by atoms with Gasteiger partial charge < -0.3 is 9.19 Å². The van der Waals surface area contributed by atoms with E-state index in [1.807, 2.05) is 18.2 Å². The molecule has 0 aliphatic heterocycles. The number of nitrogens with zero attached hydrogens (tertiary/aromatic N) is 1. The Balaban J connectivity index is 0. The van der Waals surface area contributed by atoms with Crippen LogP contribution in [0.3, 0.4) is 0 Å². The lowest BCUT2D eigenvalue weighted by Crippen LogP contribution is -3.00. The van der Waals surface area contributed by atoms with E-state index >= 15 is 0 Å². The Labute approximate surface area is 81.0 Å². The van der Waals surface area contributed by atoms with Crippen LogP contribution in [-0.2, 0) is 0 Å². The second-order valence-corrected chi connectivity index (χ2v) is 3.07. The smallest absolute Gasteiger partial charge is 0.0975 e. The molecule has 0 fully saturated rings. The molecule has 0 unspecified atom stereocenters. The van der Waals surface area contributed by atoms with Crippen LogP contribution in [0.15, 0.2) is 38.0 Å². The molecule has 1 nitrogen and oxygen atoms in total. The third kappa shape index (κ3) is 4.63. The molecule has 0 radical (unpaired) electrons. The summed E-state index contributed by atoms with van der Waals surface area (Å²) in [5, 5.41) is 0. The summed E-state index contributed by atoms with van der Waals surface area (Å²) in [6, 6.07) is 0. The van der Waals surface area contributed by atoms with E-state index in [2.05, 4.69) is 26.7 Å². The molecular weight excluding hydrogens is 165 g/mol. The van der Waals surface area contributed by atoms with Crippen molar-refractivity contribution < 1.29 is 9.19 Å². The van der Waals surface area contributed by atoms with Gasteiger partial charge in [-0.05, 0) is 25.2 Å². The maximum absolute atomic E-state index is 3.77. The zero-order valence-electron chi connectivity index (χ0n) is 8.51. The molecule has 76 valence electrons. The van der Waals surface area contributed by atoms with E-state index in [1.54, 1.807) is 0 Å². The molecule has 0 aliphatic rings. The molecule has 0 N–H and O–H groups in total. The summed E-state index contributed by atoms with van der Waals surface area (Å²) in [5.41, 5.74) is 0. The van der Waals surface area contributed by atoms with Crippen LogP contribution in [0.2, 0.25) is 0 Å². The molecule has 0 aromatic carbocycles. The second kappa shape index (κ2) is 7.74. The van der Waals surface area contributed by atoms with Gasteiger partial charge in [0.25, 0.3) is 0 Å². The fourth-order valence-electron chi connectivity index (χ4n) is 1.43. The summed E-state index contributed by atoms with van der Waals surface area (Å²) in [7, 11) is 0. The third-order valence-electron chi connectivity index (χ3n) is 2.22. The first kappa shape index (κ1) is 14.6. The van der Waals surface area contributed by atoms with Crippen LogP contribution >= 0.6 is 0 Å². The molecule has 0 saturated carbocycles. The van der Waals surface area contributed by atoms with Crippen LogP contribution < -0.4 is 4.70 Å². The molecule has 0 aliphatic carbocycles. The second-order valence-electron chi connectivity index (χ2n) is 3.07. The monoisotopic (exact) mass is 185 g/mol. The molecular formula is C11H20FN. The molecule has 13 heavy (non-hydrogen) atoms. The number of quaternary nitrogens is 1. The number of hydrogen-bond acceptors (Lipinski definition) is 0. The standard InChI is InChI=1S/C11H20N.FH/c1-5-9-12(8-4,10-6-2)11-7-3;/h5-7H,1-3,8-11H2,4H3;1H/q+1;/p-1. The first-order valence-electron chi connectivity index (χ1n) is 4.42. The summed E-state index contributed by atoms with van der Waals surface area (Å²) in [6.45, 7) is 17.6. The first-order valence-corrected chi connectivity index (χ1v) is 4.42. The molecule has 0 amide bonds. The van der Waals surface area contributed by atoms with Crippen molar-refractivity contribution in [3.63, 3.8) is 0 Å². The van der Waals surface area contributed by atoms with Gasteiger partial charge in [0.15, 0.2) is 0 Å². The predicted molar refractivity (Wildman–Crippen MR) is 56.0 cm³/mol. The summed E-state index contributed by atoms with van der Waals surface area (Å²) >= 11 is 0. The minimum Gasteiger partial charge on any atom is -1.00 e. The van der Waals surface area contributed by atoms with Crippen molar-refractivity contribution in [1.82, 2.24) is 0 Å². The van der Waals surface area contributed by atoms with Crippen molar-refractivity contribution in [3.8, 4) is 0 Å². The van der Waals surface area contributed by atoms with E-state index in [1.165, 1.54) is 0 Å². The van der Waals surface area contributed by atoms with Crippen molar-refractivity contribution in [2.24, 2.45) is 0 Å². The largest absolute Gasteiger partial charge is 1.00 e. The van der Waals surface area contributed by atoms with Gasteiger partial charge in [-0.15, -0.1) is 0 Å². The molecule has 0 rings (SSSR count). The summed E-state index contributed by atoms with van der Waals surface area (Å²) in [4.78, 5) is 0. The fraction of sp³-hybridized carbons (Fsp3) is 0.455. The molecule has 2 heteroatoms. The van der Waals surface area contributed by atoms with E-state index in [-0.39, 0.29) is 4.70 Å². The summed E-state index contributed by atoms with van der Waals surface area (Å²) in [6.07, 6.45) is 5.91. The Kier molecular flexibility index (Phi) is 8.71. The molecule has 0 aromatic heterocycles. The zero-order chi connectivity index (χ0) is 9.45. The van der Waals surface area contributed by atoms with Crippen LogP contribution in [0, 0.1) is 0 Å². The minimum atomic E-state index is 0. The Hall–Kier alpha value is -0.890. The van der Waals surface area contributed by atoms with Crippen molar-refractivity contribution in [2.45, 2.75) is 6.92 Å². The summed E-state index contributed by atoms with van der Waals surface area (Å²) in [5.74, 6) is 0. The average Bonchev–Trinajstić information content (AvgIpc) is 2.06. The molecule has 0 heterocycles. The van der Waals surface area contributed by atoms with E-state index in [4.69, 9.17) is 0 Å². The van der Waals surface area contributed by atoms with E-state index in [0.29, 0.717) is 0 Å². The molecule has 0 bridgehead atoms. The van der Waals surface area contributed by atoms with Crippen LogP contribution in [0.1, 0.15) is 6.92 Å². The normalized spacial score (nSPS) is 9.92. The van der Waals surface area contributed by atoms with Crippen LogP contribution in [0.4, 0.5) is 0 Å². The fourth-order valence-corrected chi connectivity index (χ4v) is 1.43. The predicted octanol–water partition coefficient (Wildman–Crippen LogP) is -0.615. The first-order chi connectivity index (χ1) is 5.74. The maximum atomic E-state index is 3.77. The maximum Gasteiger partial charge on any atom is 0.0975 e. The molecule has 0 aromatic rings. The van der Waals surface area contributed by atoms with Gasteiger partial charge in [0, 0.05) is 0 Å². The molecule has 0 spiro atoms. The molecule has 0 atom stereocenters. The lowest BCUT2D eigenvalue weighted by Gasteiger charge is -2.34. The highest BCUT2D eigenvalue weighted by atomic mass is 19.0. The minimum absolute atomic E-state index is 0. The van der Waals surface area contributed by atoms with Crippen molar-refractivity contribution in [3.05, 3.63) is 38.0 Å². The van der Waals surface area contributed by atoms with Crippen molar-refractivity contribution in [2.75, 3.05) is 26.2 Å². The highest BCUT2D eigenvalue weighted by molar-refractivity contribution is 4.75. The topological polar surface area (TPSA) is 0 Å². The zero-order valence-corrected chi connectivity index (χ0v) is 8.51. The van der Waals surface area contributed by atoms with E-state index in [9.17, 15) is 0 Å². The number of halogens is 1. The van der Waals surface area contributed by atoms with Gasteiger partial charge in [0.2, 0.25) is 0 Å². The molecule has 0 saturated heterocycles. The Bertz CT molecular complexity index is 137. The van der Waals surface area contributed by atoms with E-state index in [0.717, 1.165) is 30.7 Å². The Morgan fingerprint density at radius 3 is 1.38 bits per heavy atom. The lowest BCUT2D eigenvalue weighted by atomic mass is 10.3. The number of rotatable bonds is 7. The highest BCUT2D eigenvalue weighted by Crippen LogP contribution is 2.06. The van der Waals surface area contributed by atoms with Gasteiger partial charge in [0.05, 0.1) is 26.2 Å². The highest BCUT2D eigenvalue weighted by Gasteiger charge is 2.19. The van der Waals surface area contributed by atoms with Crippen LogP contribution in [0.25, 0.3) is 0 Å². The van der Waals surface area contributed by atoms with E-state index < -0.39 is 0 Å². The van der Waals surface area contributed by atoms with Gasteiger partial charge in [-0.2, -0.15) is 0 Å². The van der Waals surface area contributed by atoms with Crippen molar-refractivity contribution >= 4 is 0 Å². The van der Waals surface area contributed by atoms with Gasteiger partial charge in [0.1, 0.15) is 0 Å². The number of likely N-dealkylation sites (N-methyl/N-ethyl adjacent to an activating group) is 1. The van der Waals surface area contributed by atoms with Crippen LogP contribution in [-0.4, -0.2) is 30.7 Å². The Morgan fingerprint density at radius 1 is 0.923 bits per heavy atom. The van der Waals surface area contributed by atoms with Crippen LogP contribution in [0.5, 0.6) is 0 Å². The third-order valence-corrected chi connectivity index (χ3v) is 2.22. The van der Waals surface area contributed by atoms with Crippen molar-refractivity contribution in [1.29, 1.82) is 0 Å². The van der Waals surface area contributed by atoms with Gasteiger partial charge in [-0.3, -0.25) is 0 Å². The SMILES string of the molecule is C=CC[N+](CC)(CC=C)CC=C.[F-]. The summed E-state index contributed by atoms with van der Waals surface area (Å²) < 4.78 is 0.997. The Morgan fingerprint density at radius 2 is 1.23 bits per heavy atom. The van der Waals surface area contributed by atoms with Gasteiger partial charge >= 0.3 is 0 Å². The average molecular weight is 185 g/mol. The van der Waals surface area contributed by atoms with Gasteiger partial charge in [-0.25, -0.2) is 0 Å². The number of hydrogen-bond donors (Lipinski definition) is 0.